The SMILES string of the molecule is CCCCSC(C)C(=O)N1CCC(NC(=O)c2occc2C)CC1. The minimum Gasteiger partial charge on any atom is -0.459 e. The molecule has 6 heteroatoms. The first-order valence-corrected chi connectivity index (χ1v) is 9.83. The van der Waals surface area contributed by atoms with Crippen molar-refractivity contribution in [1.82, 2.24) is 10.2 Å². The first kappa shape index (κ1) is 18.9. The van der Waals surface area contributed by atoms with E-state index in [2.05, 4.69) is 12.2 Å². The maximum Gasteiger partial charge on any atom is 0.287 e. The number of carbonyl (C=O) groups is 2. The minimum absolute atomic E-state index is 0.0217. The number of carbonyl (C=O) groups excluding carboxylic acids is 2. The molecule has 1 saturated heterocycles. The minimum atomic E-state index is -0.161. The molecule has 5 nitrogen and oxygen atoms in total. The zero-order chi connectivity index (χ0) is 17.5. The van der Waals surface area contributed by atoms with Gasteiger partial charge < -0.3 is 14.6 Å². The molecule has 0 saturated carbocycles. The molecule has 1 unspecified atom stereocenters. The van der Waals surface area contributed by atoms with Crippen LogP contribution in [0.4, 0.5) is 0 Å². The second-order valence-corrected chi connectivity index (χ2v) is 7.82. The zero-order valence-corrected chi connectivity index (χ0v) is 15.7. The summed E-state index contributed by atoms with van der Waals surface area (Å²) in [4.78, 5) is 26.6. The highest BCUT2D eigenvalue weighted by atomic mass is 32.2. The van der Waals surface area contributed by atoms with Crippen LogP contribution in [-0.4, -0.2) is 46.8 Å². The molecular formula is C18H28N2O3S. The first-order chi connectivity index (χ1) is 11.5. The second kappa shape index (κ2) is 9.16. The predicted octanol–water partition coefficient (Wildman–Crippen LogP) is 3.23. The predicted molar refractivity (Wildman–Crippen MR) is 97.3 cm³/mol. The van der Waals surface area contributed by atoms with Crippen molar-refractivity contribution in [2.75, 3.05) is 18.8 Å². The average Bonchev–Trinajstić information content (AvgIpc) is 3.01. The molecule has 24 heavy (non-hydrogen) atoms. The molecule has 1 aromatic rings. The molecule has 0 bridgehead atoms. The number of hydrogen-bond acceptors (Lipinski definition) is 4. The molecule has 0 aromatic carbocycles. The summed E-state index contributed by atoms with van der Waals surface area (Å²) >= 11 is 1.74. The molecule has 1 aromatic heterocycles. The topological polar surface area (TPSA) is 62.6 Å². The van der Waals surface area contributed by atoms with E-state index in [1.165, 1.54) is 6.26 Å². The third-order valence-corrected chi connectivity index (χ3v) is 5.65. The number of thioether (sulfide) groups is 1. The molecule has 1 atom stereocenters. The fourth-order valence-corrected chi connectivity index (χ4v) is 3.93. The van der Waals surface area contributed by atoms with Gasteiger partial charge in [0.15, 0.2) is 5.76 Å². The summed E-state index contributed by atoms with van der Waals surface area (Å²) < 4.78 is 5.23. The monoisotopic (exact) mass is 352 g/mol. The number of rotatable bonds is 7. The molecule has 1 aliphatic rings. The number of aryl methyl sites for hydroxylation is 1. The van der Waals surface area contributed by atoms with Crippen molar-refractivity contribution < 1.29 is 14.0 Å². The van der Waals surface area contributed by atoms with E-state index >= 15 is 0 Å². The third-order valence-electron chi connectivity index (χ3n) is 4.42. The van der Waals surface area contributed by atoms with Crippen LogP contribution >= 0.6 is 11.8 Å². The Hall–Kier alpha value is -1.43. The highest BCUT2D eigenvalue weighted by molar-refractivity contribution is 8.00. The van der Waals surface area contributed by atoms with Gasteiger partial charge in [-0.3, -0.25) is 9.59 Å². The molecule has 2 heterocycles. The Morgan fingerprint density at radius 2 is 2.12 bits per heavy atom. The van der Waals surface area contributed by atoms with Gasteiger partial charge in [0.2, 0.25) is 5.91 Å². The molecule has 1 N–H and O–H groups in total. The maximum atomic E-state index is 12.5. The van der Waals surface area contributed by atoms with Gasteiger partial charge in [-0.2, -0.15) is 0 Å². The normalized spacial score (nSPS) is 16.9. The van der Waals surface area contributed by atoms with Gasteiger partial charge in [0.05, 0.1) is 11.5 Å². The van der Waals surface area contributed by atoms with Crippen molar-refractivity contribution in [3.63, 3.8) is 0 Å². The van der Waals surface area contributed by atoms with Gasteiger partial charge in [-0.05, 0) is 44.9 Å². The lowest BCUT2D eigenvalue weighted by molar-refractivity contribution is -0.131. The van der Waals surface area contributed by atoms with E-state index in [0.717, 1.165) is 37.0 Å². The van der Waals surface area contributed by atoms with Gasteiger partial charge in [-0.15, -0.1) is 11.8 Å². The Morgan fingerprint density at radius 3 is 2.71 bits per heavy atom. The van der Waals surface area contributed by atoms with Gasteiger partial charge in [-0.1, -0.05) is 13.3 Å². The van der Waals surface area contributed by atoms with Gasteiger partial charge >= 0.3 is 0 Å². The highest BCUT2D eigenvalue weighted by Gasteiger charge is 2.27. The average molecular weight is 353 g/mol. The van der Waals surface area contributed by atoms with Crippen molar-refractivity contribution in [1.29, 1.82) is 0 Å². The largest absolute Gasteiger partial charge is 0.459 e. The molecule has 134 valence electrons. The first-order valence-electron chi connectivity index (χ1n) is 8.78. The Bertz CT molecular complexity index is 550. The van der Waals surface area contributed by atoms with Crippen molar-refractivity contribution in [3.8, 4) is 0 Å². The smallest absolute Gasteiger partial charge is 0.287 e. The number of nitrogens with zero attached hydrogens (tertiary/aromatic N) is 1. The summed E-state index contributed by atoms with van der Waals surface area (Å²) in [5.74, 6) is 1.49. The van der Waals surface area contributed by atoms with Crippen LogP contribution in [0.1, 0.15) is 55.6 Å². The number of furan rings is 1. The van der Waals surface area contributed by atoms with Crippen LogP contribution in [0.25, 0.3) is 0 Å². The second-order valence-electron chi connectivity index (χ2n) is 6.37. The van der Waals surface area contributed by atoms with Crippen LogP contribution in [-0.2, 0) is 4.79 Å². The lowest BCUT2D eigenvalue weighted by Gasteiger charge is -2.33. The van der Waals surface area contributed by atoms with Gasteiger partial charge in [-0.25, -0.2) is 0 Å². The van der Waals surface area contributed by atoms with Crippen molar-refractivity contribution in [2.45, 2.75) is 57.7 Å². The summed E-state index contributed by atoms with van der Waals surface area (Å²) in [6, 6.07) is 1.89. The van der Waals surface area contributed by atoms with Gasteiger partial charge in [0, 0.05) is 24.7 Å². The van der Waals surface area contributed by atoms with Crippen LogP contribution in [0, 0.1) is 6.92 Å². The summed E-state index contributed by atoms with van der Waals surface area (Å²) in [5, 5.41) is 3.04. The quantitative estimate of drug-likeness (QED) is 0.765. The number of unbranched alkanes of at least 4 members (excludes halogenated alkanes) is 1. The molecule has 0 spiro atoms. The molecule has 1 fully saturated rings. The number of amides is 2. The van der Waals surface area contributed by atoms with Crippen LogP contribution in [0.3, 0.4) is 0 Å². The molecule has 2 amide bonds. The molecule has 0 radical (unpaired) electrons. The number of likely N-dealkylation sites (tertiary alicyclic amines) is 1. The molecule has 0 aliphatic carbocycles. The summed E-state index contributed by atoms with van der Waals surface area (Å²) in [6.07, 6.45) is 5.44. The van der Waals surface area contributed by atoms with E-state index in [0.29, 0.717) is 18.8 Å². The van der Waals surface area contributed by atoms with Crippen LogP contribution in [0.5, 0.6) is 0 Å². The van der Waals surface area contributed by atoms with E-state index in [9.17, 15) is 9.59 Å². The number of piperidine rings is 1. The highest BCUT2D eigenvalue weighted by Crippen LogP contribution is 2.19. The summed E-state index contributed by atoms with van der Waals surface area (Å²) in [5.41, 5.74) is 0.845. The van der Waals surface area contributed by atoms with Crippen molar-refractivity contribution >= 4 is 23.6 Å². The standard InChI is InChI=1S/C18H28N2O3S/c1-4-5-12-24-14(3)18(22)20-9-6-15(7-10-20)19-17(21)16-13(2)8-11-23-16/h8,11,14-15H,4-7,9-10,12H2,1-3H3,(H,19,21). The van der Waals surface area contributed by atoms with E-state index in [1.807, 2.05) is 18.7 Å². The van der Waals surface area contributed by atoms with Crippen molar-refractivity contribution in [2.24, 2.45) is 0 Å². The van der Waals surface area contributed by atoms with Gasteiger partial charge in [0.1, 0.15) is 0 Å². The van der Waals surface area contributed by atoms with Crippen LogP contribution in [0.2, 0.25) is 0 Å². The third kappa shape index (κ3) is 5.03. The molecule has 1 aliphatic heterocycles. The van der Waals surface area contributed by atoms with Gasteiger partial charge in [0.25, 0.3) is 5.91 Å². The Kier molecular flexibility index (Phi) is 7.21. The fraction of sp³-hybridized carbons (Fsp3) is 0.667. The van der Waals surface area contributed by atoms with Crippen LogP contribution in [0.15, 0.2) is 16.7 Å². The number of hydrogen-bond donors (Lipinski definition) is 1. The van der Waals surface area contributed by atoms with Crippen molar-refractivity contribution in [3.05, 3.63) is 23.7 Å². The summed E-state index contributed by atoms with van der Waals surface area (Å²) in [7, 11) is 0. The molecular weight excluding hydrogens is 324 g/mol. The lowest BCUT2D eigenvalue weighted by atomic mass is 10.0. The fourth-order valence-electron chi connectivity index (χ4n) is 2.83. The van der Waals surface area contributed by atoms with E-state index in [4.69, 9.17) is 4.42 Å². The molecule has 2 rings (SSSR count). The lowest BCUT2D eigenvalue weighted by Crippen LogP contribution is -2.48. The Balaban J connectivity index is 1.75. The van der Waals surface area contributed by atoms with Crippen LogP contribution < -0.4 is 5.32 Å². The van der Waals surface area contributed by atoms with E-state index < -0.39 is 0 Å². The van der Waals surface area contributed by atoms with E-state index in [1.54, 1.807) is 17.8 Å². The Morgan fingerprint density at radius 1 is 1.42 bits per heavy atom. The van der Waals surface area contributed by atoms with E-state index in [-0.39, 0.29) is 23.1 Å². The number of nitrogens with one attached hydrogen (secondary N) is 1. The summed E-state index contributed by atoms with van der Waals surface area (Å²) in [6.45, 7) is 7.43. The maximum absolute atomic E-state index is 12.5. The Labute approximate surface area is 148 Å². The zero-order valence-electron chi connectivity index (χ0n) is 14.8.